The molecular weight excluding hydrogens is 404 g/mol. The largest absolute Gasteiger partial charge is 0.326 e. The van der Waals surface area contributed by atoms with E-state index < -0.39 is 4.92 Å². The predicted molar refractivity (Wildman–Crippen MR) is 125 cm³/mol. The summed E-state index contributed by atoms with van der Waals surface area (Å²) in [6.45, 7) is 2.77. The maximum Gasteiger partial charge on any atom is 0.271 e. The van der Waals surface area contributed by atoms with Crippen LogP contribution in [-0.2, 0) is 13.6 Å². The molecule has 5 rings (SSSR count). The zero-order valence-electron chi connectivity index (χ0n) is 17.6. The average Bonchev–Trinajstić information content (AvgIpc) is 3.28. The van der Waals surface area contributed by atoms with E-state index in [1.54, 1.807) is 12.3 Å². The number of nitrogens with zero attached hydrogens (tertiary/aromatic N) is 6. The van der Waals surface area contributed by atoms with Crippen LogP contribution >= 0.6 is 0 Å². The van der Waals surface area contributed by atoms with Crippen LogP contribution in [0.1, 0.15) is 17.2 Å². The van der Waals surface area contributed by atoms with Crippen LogP contribution in [-0.4, -0.2) is 30.2 Å². The number of hydrogen-bond acceptors (Lipinski definition) is 5. The van der Waals surface area contributed by atoms with Crippen LogP contribution in [0.4, 0.5) is 11.4 Å². The standard InChI is InChI=1S/C24H20N6O2/c1-16-26-20-12-18(8-10-23(20)29(16)15-17-6-4-3-5-7-17)25-14-24-27-21-13-19(30(31)32)9-11-22(21)28(24)2/h3-14H,15H2,1-2H3. The van der Waals surface area contributed by atoms with Crippen molar-refractivity contribution in [3.05, 3.63) is 94.1 Å². The Morgan fingerprint density at radius 2 is 1.75 bits per heavy atom. The van der Waals surface area contributed by atoms with Gasteiger partial charge in [0.25, 0.3) is 5.69 Å². The van der Waals surface area contributed by atoms with E-state index in [1.165, 1.54) is 17.7 Å². The van der Waals surface area contributed by atoms with Crippen LogP contribution in [0, 0.1) is 17.0 Å². The summed E-state index contributed by atoms with van der Waals surface area (Å²) in [6.07, 6.45) is 1.67. The molecule has 0 unspecified atom stereocenters. The molecule has 2 aromatic heterocycles. The van der Waals surface area contributed by atoms with Gasteiger partial charge in [-0.05, 0) is 36.8 Å². The first-order chi connectivity index (χ1) is 15.5. The van der Waals surface area contributed by atoms with E-state index in [-0.39, 0.29) is 5.69 Å². The van der Waals surface area contributed by atoms with Gasteiger partial charge in [0.05, 0.1) is 38.9 Å². The molecule has 158 valence electrons. The number of non-ortho nitro benzene ring substituents is 1. The van der Waals surface area contributed by atoms with Crippen molar-refractivity contribution in [2.24, 2.45) is 12.0 Å². The lowest BCUT2D eigenvalue weighted by Crippen LogP contribution is -2.01. The first-order valence-electron chi connectivity index (χ1n) is 10.2. The smallest absolute Gasteiger partial charge is 0.271 e. The highest BCUT2D eigenvalue weighted by Crippen LogP contribution is 2.24. The Morgan fingerprint density at radius 3 is 2.53 bits per heavy atom. The molecule has 0 aliphatic carbocycles. The molecule has 2 heterocycles. The summed E-state index contributed by atoms with van der Waals surface area (Å²) in [6, 6.07) is 20.9. The van der Waals surface area contributed by atoms with Crippen molar-refractivity contribution in [3.8, 4) is 0 Å². The van der Waals surface area contributed by atoms with Crippen molar-refractivity contribution >= 4 is 39.7 Å². The van der Waals surface area contributed by atoms with Crippen molar-refractivity contribution in [2.45, 2.75) is 13.5 Å². The number of aromatic nitrogens is 4. The molecule has 8 heteroatoms. The van der Waals surface area contributed by atoms with E-state index in [4.69, 9.17) is 4.98 Å². The summed E-state index contributed by atoms with van der Waals surface area (Å²) < 4.78 is 4.05. The maximum absolute atomic E-state index is 11.0. The number of aliphatic imine (C=N–C) groups is 1. The molecule has 5 aromatic rings. The Hall–Kier alpha value is -4.33. The van der Waals surface area contributed by atoms with Crippen molar-refractivity contribution < 1.29 is 4.92 Å². The average molecular weight is 424 g/mol. The molecule has 0 saturated carbocycles. The molecule has 8 nitrogen and oxygen atoms in total. The minimum absolute atomic E-state index is 0.0194. The highest BCUT2D eigenvalue weighted by Gasteiger charge is 2.12. The Kier molecular flexibility index (Phi) is 4.74. The summed E-state index contributed by atoms with van der Waals surface area (Å²) in [4.78, 5) is 24.4. The van der Waals surface area contributed by atoms with Gasteiger partial charge >= 0.3 is 0 Å². The molecule has 0 saturated heterocycles. The SMILES string of the molecule is Cc1nc2cc(N=Cc3nc4cc([N+](=O)[O-])ccc4n3C)ccc2n1Cc1ccccc1. The second-order valence-electron chi connectivity index (χ2n) is 7.62. The molecule has 0 N–H and O–H groups in total. The molecule has 0 amide bonds. The molecule has 0 bridgehead atoms. The fourth-order valence-electron chi connectivity index (χ4n) is 3.85. The number of hydrogen-bond donors (Lipinski definition) is 0. The second kappa shape index (κ2) is 7.73. The number of nitro benzene ring substituents is 1. The fraction of sp³-hybridized carbons (Fsp3) is 0.125. The number of fused-ring (bicyclic) bond motifs is 2. The van der Waals surface area contributed by atoms with Gasteiger partial charge in [0, 0.05) is 25.7 Å². The van der Waals surface area contributed by atoms with E-state index >= 15 is 0 Å². The molecular formula is C24H20N6O2. The summed E-state index contributed by atoms with van der Waals surface area (Å²) in [5, 5.41) is 11.0. The van der Waals surface area contributed by atoms with Crippen LogP contribution in [0.5, 0.6) is 0 Å². The van der Waals surface area contributed by atoms with Gasteiger partial charge in [-0.15, -0.1) is 0 Å². The van der Waals surface area contributed by atoms with Crippen molar-refractivity contribution in [1.29, 1.82) is 0 Å². The molecule has 0 atom stereocenters. The number of imidazole rings is 2. The number of aryl methyl sites for hydroxylation is 2. The molecule has 32 heavy (non-hydrogen) atoms. The molecule has 3 aromatic carbocycles. The van der Waals surface area contributed by atoms with E-state index in [0.717, 1.165) is 34.6 Å². The topological polar surface area (TPSA) is 91.1 Å². The Bertz CT molecular complexity index is 1500. The third-order valence-corrected chi connectivity index (χ3v) is 5.55. The molecule has 0 fully saturated rings. The Balaban J connectivity index is 1.45. The second-order valence-corrected chi connectivity index (χ2v) is 7.62. The van der Waals surface area contributed by atoms with Crippen molar-refractivity contribution in [2.75, 3.05) is 0 Å². The Labute approximate surface area is 183 Å². The lowest BCUT2D eigenvalue weighted by Gasteiger charge is -2.07. The van der Waals surface area contributed by atoms with E-state index in [0.29, 0.717) is 11.3 Å². The van der Waals surface area contributed by atoms with Gasteiger partial charge in [-0.1, -0.05) is 30.3 Å². The normalized spacial score (nSPS) is 11.7. The van der Waals surface area contributed by atoms with Crippen LogP contribution in [0.15, 0.2) is 71.7 Å². The van der Waals surface area contributed by atoms with Crippen LogP contribution in [0.3, 0.4) is 0 Å². The molecule has 0 radical (unpaired) electrons. The van der Waals surface area contributed by atoms with Gasteiger partial charge in [0.1, 0.15) is 5.82 Å². The van der Waals surface area contributed by atoms with Gasteiger partial charge in [0.15, 0.2) is 5.82 Å². The number of nitro groups is 1. The maximum atomic E-state index is 11.0. The van der Waals surface area contributed by atoms with Gasteiger partial charge in [-0.2, -0.15) is 0 Å². The molecule has 0 spiro atoms. The zero-order valence-corrected chi connectivity index (χ0v) is 17.6. The highest BCUT2D eigenvalue weighted by atomic mass is 16.6. The van der Waals surface area contributed by atoms with Crippen LogP contribution in [0.25, 0.3) is 22.1 Å². The first kappa shape index (κ1) is 19.6. The number of rotatable bonds is 5. The van der Waals surface area contributed by atoms with E-state index in [1.807, 2.05) is 54.9 Å². The third-order valence-electron chi connectivity index (χ3n) is 5.55. The summed E-state index contributed by atoms with van der Waals surface area (Å²) >= 11 is 0. The predicted octanol–water partition coefficient (Wildman–Crippen LogP) is 4.94. The third kappa shape index (κ3) is 3.51. The zero-order chi connectivity index (χ0) is 22.2. The highest BCUT2D eigenvalue weighted by molar-refractivity contribution is 5.88. The van der Waals surface area contributed by atoms with Crippen LogP contribution < -0.4 is 0 Å². The van der Waals surface area contributed by atoms with Gasteiger partial charge in [0.2, 0.25) is 0 Å². The minimum atomic E-state index is -0.421. The fourth-order valence-corrected chi connectivity index (χ4v) is 3.85. The monoisotopic (exact) mass is 424 g/mol. The van der Waals surface area contributed by atoms with Crippen molar-refractivity contribution in [3.63, 3.8) is 0 Å². The van der Waals surface area contributed by atoms with E-state index in [9.17, 15) is 10.1 Å². The summed E-state index contributed by atoms with van der Waals surface area (Å²) in [5.74, 6) is 1.56. The summed E-state index contributed by atoms with van der Waals surface area (Å²) in [7, 11) is 1.86. The lowest BCUT2D eigenvalue weighted by atomic mass is 10.2. The Morgan fingerprint density at radius 1 is 1.00 bits per heavy atom. The molecule has 0 aliphatic heterocycles. The summed E-state index contributed by atoms with van der Waals surface area (Å²) in [5.41, 5.74) is 5.32. The van der Waals surface area contributed by atoms with Crippen LogP contribution in [0.2, 0.25) is 0 Å². The van der Waals surface area contributed by atoms with Crippen molar-refractivity contribution in [1.82, 2.24) is 19.1 Å². The molecule has 0 aliphatic rings. The van der Waals surface area contributed by atoms with E-state index in [2.05, 4.69) is 26.7 Å². The van der Waals surface area contributed by atoms with Gasteiger partial charge in [-0.25, -0.2) is 9.97 Å². The van der Waals surface area contributed by atoms with Gasteiger partial charge in [-0.3, -0.25) is 15.1 Å². The first-order valence-corrected chi connectivity index (χ1v) is 10.2. The quantitative estimate of drug-likeness (QED) is 0.227. The van der Waals surface area contributed by atoms with Gasteiger partial charge < -0.3 is 9.13 Å². The number of benzene rings is 3. The lowest BCUT2D eigenvalue weighted by molar-refractivity contribution is -0.384. The minimum Gasteiger partial charge on any atom is -0.326 e.